The highest BCUT2D eigenvalue weighted by Gasteiger charge is 2.26. The molecule has 0 bridgehead atoms. The van der Waals surface area contributed by atoms with E-state index in [4.69, 9.17) is 15.2 Å². The largest absolute Gasteiger partial charge is 0.496 e. The van der Waals surface area contributed by atoms with Gasteiger partial charge in [0.2, 0.25) is 5.91 Å². The van der Waals surface area contributed by atoms with Crippen LogP contribution >= 0.6 is 0 Å². The number of ether oxygens (including phenoxy) is 2. The zero-order chi connectivity index (χ0) is 15.9. The molecule has 2 atom stereocenters. The number of hydrogen-bond acceptors (Lipinski definition) is 4. The Morgan fingerprint density at radius 1 is 1.23 bits per heavy atom. The minimum atomic E-state index is -0.00634. The van der Waals surface area contributed by atoms with Crippen molar-refractivity contribution < 1.29 is 14.3 Å². The molecule has 5 nitrogen and oxygen atoms in total. The average Bonchev–Trinajstić information content (AvgIpc) is 2.55. The number of benzene rings is 1. The van der Waals surface area contributed by atoms with Gasteiger partial charge in [-0.05, 0) is 37.4 Å². The van der Waals surface area contributed by atoms with Crippen molar-refractivity contribution in [2.45, 2.75) is 38.1 Å². The second kappa shape index (κ2) is 8.03. The molecule has 2 rings (SSSR count). The molecule has 1 aliphatic rings. The van der Waals surface area contributed by atoms with Crippen molar-refractivity contribution in [1.29, 1.82) is 0 Å². The molecule has 2 unspecified atom stereocenters. The molecule has 0 saturated heterocycles. The third kappa shape index (κ3) is 3.91. The van der Waals surface area contributed by atoms with Gasteiger partial charge in [0.15, 0.2) is 0 Å². The van der Waals surface area contributed by atoms with Crippen LogP contribution in [0.15, 0.2) is 18.2 Å². The van der Waals surface area contributed by atoms with Crippen molar-refractivity contribution in [1.82, 2.24) is 5.32 Å². The van der Waals surface area contributed by atoms with Gasteiger partial charge >= 0.3 is 0 Å². The number of hydrogen-bond donors (Lipinski definition) is 2. The van der Waals surface area contributed by atoms with Crippen molar-refractivity contribution in [2.24, 2.45) is 11.7 Å². The SMILES string of the molecule is COc1cccc(OC)c1CC(=O)NC1CCCCC1CN. The minimum Gasteiger partial charge on any atom is -0.496 e. The fourth-order valence-electron chi connectivity index (χ4n) is 3.20. The highest BCUT2D eigenvalue weighted by Crippen LogP contribution is 2.29. The Bertz CT molecular complexity index is 482. The van der Waals surface area contributed by atoms with E-state index in [1.54, 1.807) is 14.2 Å². The summed E-state index contributed by atoms with van der Waals surface area (Å²) in [5, 5.41) is 3.14. The molecule has 0 spiro atoms. The van der Waals surface area contributed by atoms with Crippen LogP contribution in [0.3, 0.4) is 0 Å². The van der Waals surface area contributed by atoms with Crippen LogP contribution < -0.4 is 20.5 Å². The van der Waals surface area contributed by atoms with E-state index in [0.29, 0.717) is 24.0 Å². The molecule has 1 saturated carbocycles. The maximum Gasteiger partial charge on any atom is 0.224 e. The van der Waals surface area contributed by atoms with Gasteiger partial charge in [-0.25, -0.2) is 0 Å². The first-order valence-corrected chi connectivity index (χ1v) is 7.88. The van der Waals surface area contributed by atoms with Crippen LogP contribution in [0.1, 0.15) is 31.2 Å². The summed E-state index contributed by atoms with van der Waals surface area (Å²) >= 11 is 0. The summed E-state index contributed by atoms with van der Waals surface area (Å²) in [5.41, 5.74) is 6.60. The normalized spacial score (nSPS) is 21.2. The number of carbonyl (C=O) groups is 1. The smallest absolute Gasteiger partial charge is 0.224 e. The van der Waals surface area contributed by atoms with Gasteiger partial charge in [0, 0.05) is 11.6 Å². The fraction of sp³-hybridized carbons (Fsp3) is 0.588. The minimum absolute atomic E-state index is 0.00634. The van der Waals surface area contributed by atoms with Crippen molar-refractivity contribution in [2.75, 3.05) is 20.8 Å². The lowest BCUT2D eigenvalue weighted by Crippen LogP contribution is -2.45. The van der Waals surface area contributed by atoms with Gasteiger partial charge in [-0.1, -0.05) is 18.9 Å². The second-order valence-electron chi connectivity index (χ2n) is 5.77. The zero-order valence-corrected chi connectivity index (χ0v) is 13.4. The lowest BCUT2D eigenvalue weighted by atomic mass is 9.84. The number of nitrogens with two attached hydrogens (primary N) is 1. The quantitative estimate of drug-likeness (QED) is 0.841. The van der Waals surface area contributed by atoms with E-state index in [9.17, 15) is 4.79 Å². The molecule has 3 N–H and O–H groups in total. The van der Waals surface area contributed by atoms with Gasteiger partial charge in [-0.2, -0.15) is 0 Å². The zero-order valence-electron chi connectivity index (χ0n) is 13.4. The summed E-state index contributed by atoms with van der Waals surface area (Å²) in [5.74, 6) is 1.73. The Morgan fingerprint density at radius 2 is 1.86 bits per heavy atom. The van der Waals surface area contributed by atoms with Gasteiger partial charge in [0.05, 0.1) is 20.6 Å². The standard InChI is InChI=1S/C17H26N2O3/c1-21-15-8-5-9-16(22-2)13(15)10-17(20)19-14-7-4-3-6-12(14)11-18/h5,8-9,12,14H,3-4,6-7,10-11,18H2,1-2H3,(H,19,20). The van der Waals surface area contributed by atoms with Crippen molar-refractivity contribution in [3.8, 4) is 11.5 Å². The third-order valence-corrected chi connectivity index (χ3v) is 4.43. The summed E-state index contributed by atoms with van der Waals surface area (Å²) in [7, 11) is 3.20. The monoisotopic (exact) mass is 306 g/mol. The number of nitrogens with one attached hydrogen (secondary N) is 1. The Kier molecular flexibility index (Phi) is 6.07. The molecule has 0 aliphatic heterocycles. The highest BCUT2D eigenvalue weighted by atomic mass is 16.5. The molecule has 0 radical (unpaired) electrons. The number of methoxy groups -OCH3 is 2. The van der Waals surface area contributed by atoms with Gasteiger partial charge in [-0.3, -0.25) is 4.79 Å². The molecule has 1 aromatic rings. The van der Waals surface area contributed by atoms with E-state index in [1.165, 1.54) is 6.42 Å². The molecule has 22 heavy (non-hydrogen) atoms. The van der Waals surface area contributed by atoms with Crippen molar-refractivity contribution >= 4 is 5.91 Å². The molecule has 122 valence electrons. The maximum atomic E-state index is 12.4. The molecule has 1 aromatic carbocycles. The van der Waals surface area contributed by atoms with E-state index >= 15 is 0 Å². The van der Waals surface area contributed by atoms with E-state index in [2.05, 4.69) is 5.32 Å². The maximum absolute atomic E-state index is 12.4. The first-order valence-electron chi connectivity index (χ1n) is 7.88. The van der Waals surface area contributed by atoms with Crippen molar-refractivity contribution in [3.63, 3.8) is 0 Å². The number of carbonyl (C=O) groups excluding carboxylic acids is 1. The summed E-state index contributed by atoms with van der Waals surface area (Å²) in [6, 6.07) is 5.72. The predicted molar refractivity (Wildman–Crippen MR) is 86.2 cm³/mol. The van der Waals surface area contributed by atoms with Gasteiger partial charge in [-0.15, -0.1) is 0 Å². The van der Waals surface area contributed by atoms with E-state index in [1.807, 2.05) is 18.2 Å². The molecule has 0 heterocycles. The van der Waals surface area contributed by atoms with Crippen LogP contribution in [0.4, 0.5) is 0 Å². The molecule has 1 aliphatic carbocycles. The second-order valence-corrected chi connectivity index (χ2v) is 5.77. The Hall–Kier alpha value is -1.75. The van der Waals surface area contributed by atoms with Gasteiger partial charge < -0.3 is 20.5 Å². The van der Waals surface area contributed by atoms with Crippen LogP contribution in [-0.4, -0.2) is 32.7 Å². The third-order valence-electron chi connectivity index (χ3n) is 4.43. The highest BCUT2D eigenvalue weighted by molar-refractivity contribution is 5.80. The molecular formula is C17H26N2O3. The van der Waals surface area contributed by atoms with E-state index in [-0.39, 0.29) is 18.4 Å². The van der Waals surface area contributed by atoms with Crippen LogP contribution in [0.2, 0.25) is 0 Å². The Balaban J connectivity index is 2.05. The van der Waals surface area contributed by atoms with E-state index in [0.717, 1.165) is 24.8 Å². The van der Waals surface area contributed by atoms with Crippen LogP contribution in [0.5, 0.6) is 11.5 Å². The molecule has 1 amide bonds. The molecule has 1 fully saturated rings. The molecule has 5 heteroatoms. The Morgan fingerprint density at radius 3 is 2.45 bits per heavy atom. The summed E-state index contributed by atoms with van der Waals surface area (Å²) in [4.78, 5) is 12.4. The van der Waals surface area contributed by atoms with E-state index < -0.39 is 0 Å². The average molecular weight is 306 g/mol. The molecule has 0 aromatic heterocycles. The summed E-state index contributed by atoms with van der Waals surface area (Å²) in [6.45, 7) is 0.628. The lowest BCUT2D eigenvalue weighted by Gasteiger charge is -2.31. The Labute approximate surface area is 132 Å². The van der Waals surface area contributed by atoms with Crippen LogP contribution in [0.25, 0.3) is 0 Å². The first-order chi connectivity index (χ1) is 10.7. The van der Waals surface area contributed by atoms with Crippen molar-refractivity contribution in [3.05, 3.63) is 23.8 Å². The summed E-state index contributed by atoms with van der Waals surface area (Å²) < 4.78 is 10.7. The lowest BCUT2D eigenvalue weighted by molar-refractivity contribution is -0.121. The number of amides is 1. The topological polar surface area (TPSA) is 73.6 Å². The van der Waals surface area contributed by atoms with Gasteiger partial charge in [0.25, 0.3) is 0 Å². The first kappa shape index (κ1) is 16.6. The van der Waals surface area contributed by atoms with Gasteiger partial charge in [0.1, 0.15) is 11.5 Å². The van der Waals surface area contributed by atoms with Crippen LogP contribution in [-0.2, 0) is 11.2 Å². The van der Waals surface area contributed by atoms with Crippen LogP contribution in [0, 0.1) is 5.92 Å². The summed E-state index contributed by atoms with van der Waals surface area (Å²) in [6.07, 6.45) is 4.71. The number of rotatable bonds is 6. The molecular weight excluding hydrogens is 280 g/mol. The fourth-order valence-corrected chi connectivity index (χ4v) is 3.20. The predicted octanol–water partition coefficient (Wildman–Crippen LogP) is 1.88.